The number of para-hydroxylation sites is 4. The maximum atomic E-state index is 5.14. The zero-order valence-electron chi connectivity index (χ0n) is 44.7. The number of nitrogens with zero attached hydrogens (tertiary/aromatic N) is 5. The van der Waals surface area contributed by atoms with Gasteiger partial charge in [0.25, 0.3) is 0 Å². The highest BCUT2D eigenvalue weighted by Gasteiger charge is 2.21. The number of fused-ring (bicyclic) bond motifs is 3. The van der Waals surface area contributed by atoms with E-state index in [0.717, 1.165) is 84.7 Å². The molecule has 378 valence electrons. The van der Waals surface area contributed by atoms with Gasteiger partial charge in [0.15, 0.2) is 5.82 Å². The van der Waals surface area contributed by atoms with Crippen molar-refractivity contribution in [1.82, 2.24) is 14.5 Å². The molecule has 0 fully saturated rings. The molecule has 13 rings (SSSR count). The number of hydrogen-bond acceptors (Lipinski definition) is 4. The van der Waals surface area contributed by atoms with E-state index in [1.54, 1.807) is 0 Å². The summed E-state index contributed by atoms with van der Waals surface area (Å²) in [6.07, 6.45) is 0. The topological polar surface area (TPSA) is 37.2 Å². The Morgan fingerprint density at radius 3 is 1.18 bits per heavy atom. The van der Waals surface area contributed by atoms with Gasteiger partial charge in [-0.15, -0.1) is 0 Å². The molecule has 5 heteroatoms. The van der Waals surface area contributed by atoms with Crippen LogP contribution in [0.3, 0.4) is 0 Å². The lowest BCUT2D eigenvalue weighted by atomic mass is 9.91. The number of anilines is 6. The molecule has 0 saturated heterocycles. The van der Waals surface area contributed by atoms with E-state index in [1.165, 1.54) is 55.3 Å². The van der Waals surface area contributed by atoms with Crippen LogP contribution in [0.25, 0.3) is 83.6 Å². The molecule has 5 nitrogen and oxygen atoms in total. The van der Waals surface area contributed by atoms with Gasteiger partial charge >= 0.3 is 0 Å². The van der Waals surface area contributed by atoms with Crippen LogP contribution >= 0.6 is 0 Å². The van der Waals surface area contributed by atoms with E-state index in [1.807, 2.05) is 0 Å². The van der Waals surface area contributed by atoms with Crippen LogP contribution in [0.2, 0.25) is 0 Å². The minimum atomic E-state index is 0.722. The molecule has 0 atom stereocenters. The Hall–Kier alpha value is -10.1. The van der Waals surface area contributed by atoms with Crippen molar-refractivity contribution in [2.24, 2.45) is 0 Å². The fourth-order valence-corrected chi connectivity index (χ4v) is 11.4. The Morgan fingerprint density at radius 2 is 0.709 bits per heavy atom. The molecule has 79 heavy (non-hydrogen) atoms. The number of aromatic nitrogens is 3. The van der Waals surface area contributed by atoms with Gasteiger partial charge in [-0.3, -0.25) is 0 Å². The summed E-state index contributed by atoms with van der Waals surface area (Å²) in [6, 6.07) is 98.1. The molecule has 0 aliphatic heterocycles. The molecule has 0 amide bonds. The second kappa shape index (κ2) is 20.8. The Kier molecular flexibility index (Phi) is 12.8. The van der Waals surface area contributed by atoms with Gasteiger partial charge in [-0.05, 0) is 176 Å². The fraction of sp³-hybridized carbons (Fsp3) is 0.0541. The molecular weight excluding hydrogens is 959 g/mol. The van der Waals surface area contributed by atoms with Gasteiger partial charge in [0.2, 0.25) is 0 Å². The van der Waals surface area contributed by atoms with Crippen molar-refractivity contribution in [3.8, 4) is 61.8 Å². The third kappa shape index (κ3) is 9.53. The molecule has 2 heterocycles. The van der Waals surface area contributed by atoms with Gasteiger partial charge < -0.3 is 14.4 Å². The summed E-state index contributed by atoms with van der Waals surface area (Å²) in [4.78, 5) is 14.9. The predicted octanol–water partition coefficient (Wildman–Crippen LogP) is 20.1. The lowest BCUT2D eigenvalue weighted by molar-refractivity contribution is 1.18. The lowest BCUT2D eigenvalue weighted by Gasteiger charge is -2.26. The molecular formula is C74H57N5. The lowest BCUT2D eigenvalue weighted by Crippen LogP contribution is -2.09. The highest BCUT2D eigenvalue weighted by atomic mass is 15.1. The Labute approximate surface area is 462 Å². The second-order valence-corrected chi connectivity index (χ2v) is 20.6. The predicted molar refractivity (Wildman–Crippen MR) is 332 cm³/mol. The van der Waals surface area contributed by atoms with Crippen molar-refractivity contribution >= 4 is 55.9 Å². The normalized spacial score (nSPS) is 11.3. The van der Waals surface area contributed by atoms with Gasteiger partial charge in [0.1, 0.15) is 0 Å². The average molecular weight is 1020 g/mol. The van der Waals surface area contributed by atoms with Crippen LogP contribution in [-0.2, 0) is 0 Å². The maximum Gasteiger partial charge on any atom is 0.160 e. The van der Waals surface area contributed by atoms with Crippen molar-refractivity contribution in [1.29, 1.82) is 0 Å². The van der Waals surface area contributed by atoms with E-state index < -0.39 is 0 Å². The summed E-state index contributed by atoms with van der Waals surface area (Å²) in [6.45, 7) is 8.69. The van der Waals surface area contributed by atoms with Crippen LogP contribution in [-0.4, -0.2) is 14.5 Å². The van der Waals surface area contributed by atoms with E-state index >= 15 is 0 Å². The van der Waals surface area contributed by atoms with Crippen LogP contribution in [0.15, 0.2) is 273 Å². The third-order valence-corrected chi connectivity index (χ3v) is 15.1. The largest absolute Gasteiger partial charge is 0.310 e. The van der Waals surface area contributed by atoms with Crippen molar-refractivity contribution in [3.63, 3.8) is 0 Å². The van der Waals surface area contributed by atoms with Crippen molar-refractivity contribution < 1.29 is 0 Å². The second-order valence-electron chi connectivity index (χ2n) is 20.6. The van der Waals surface area contributed by atoms with E-state index in [2.05, 4.69) is 315 Å². The number of benzene rings is 11. The molecule has 0 saturated carbocycles. The Bertz CT molecular complexity index is 4020. The number of aryl methyl sites for hydroxylation is 4. The minimum Gasteiger partial charge on any atom is -0.310 e. The molecule has 2 aromatic heterocycles. The maximum absolute atomic E-state index is 5.14. The van der Waals surface area contributed by atoms with E-state index in [4.69, 9.17) is 9.97 Å². The minimum absolute atomic E-state index is 0.722. The summed E-state index contributed by atoms with van der Waals surface area (Å²) >= 11 is 0. The van der Waals surface area contributed by atoms with Crippen LogP contribution in [0.5, 0.6) is 0 Å². The van der Waals surface area contributed by atoms with Crippen molar-refractivity contribution in [3.05, 3.63) is 295 Å². The van der Waals surface area contributed by atoms with E-state index in [0.29, 0.717) is 0 Å². The van der Waals surface area contributed by atoms with Gasteiger partial charge in [0, 0.05) is 67.3 Å². The van der Waals surface area contributed by atoms with E-state index in [-0.39, 0.29) is 0 Å². The highest BCUT2D eigenvalue weighted by molar-refractivity contribution is 6.12. The fourth-order valence-electron chi connectivity index (χ4n) is 11.4. The first-order valence-corrected chi connectivity index (χ1v) is 27.0. The molecule has 0 bridgehead atoms. The zero-order valence-corrected chi connectivity index (χ0v) is 44.7. The Balaban J connectivity index is 0.863. The molecule has 11 aromatic carbocycles. The molecule has 0 aliphatic rings. The van der Waals surface area contributed by atoms with Gasteiger partial charge in [-0.1, -0.05) is 169 Å². The summed E-state index contributed by atoms with van der Waals surface area (Å²) in [5.74, 6) is 0.722. The standard InChI is InChI=1S/C74H57N5/c1-50-19-17-21-57(43-50)70-49-69(75-74(76-70)58-22-18-20-51(2)44-58)55-31-33-56(34-32-55)73-52(3)45-59(46-53(73)4)54-35-37-64(38-36-54)79-71-41-39-65(77(60-23-9-5-10-24-60)61-25-11-6-12-26-61)47-67(71)68-48-66(40-42-72(68)79)78(62-27-13-7-14-28-62)63-29-15-8-16-30-63/h5-49H,1-4H3. The summed E-state index contributed by atoms with van der Waals surface area (Å²) in [5, 5.41) is 2.34. The number of rotatable bonds is 12. The van der Waals surface area contributed by atoms with Gasteiger partial charge in [-0.2, -0.15) is 0 Å². The van der Waals surface area contributed by atoms with Crippen molar-refractivity contribution in [2.45, 2.75) is 27.7 Å². The first kappa shape index (κ1) is 48.5. The first-order chi connectivity index (χ1) is 38.8. The highest BCUT2D eigenvalue weighted by Crippen LogP contribution is 2.43. The third-order valence-electron chi connectivity index (χ3n) is 15.1. The van der Waals surface area contributed by atoms with Crippen LogP contribution in [0.1, 0.15) is 22.3 Å². The zero-order chi connectivity index (χ0) is 53.4. The molecule has 0 aliphatic carbocycles. The SMILES string of the molecule is Cc1cccc(-c2cc(-c3ccc(-c4c(C)cc(-c5ccc(-n6c7ccc(N(c8ccccc8)c8ccccc8)cc7c7cc(N(c8ccccc8)c8ccccc8)ccc76)cc5)cc4C)cc3)nc(-c3cccc(C)c3)n2)c1. The van der Waals surface area contributed by atoms with E-state index in [9.17, 15) is 0 Å². The van der Waals surface area contributed by atoms with Gasteiger partial charge in [0.05, 0.1) is 22.4 Å². The quantitative estimate of drug-likeness (QED) is 0.122. The summed E-state index contributed by atoms with van der Waals surface area (Å²) in [7, 11) is 0. The monoisotopic (exact) mass is 1020 g/mol. The van der Waals surface area contributed by atoms with Crippen LogP contribution in [0.4, 0.5) is 34.1 Å². The molecule has 0 spiro atoms. The molecule has 0 unspecified atom stereocenters. The smallest absolute Gasteiger partial charge is 0.160 e. The molecule has 0 N–H and O–H groups in total. The summed E-state index contributed by atoms with van der Waals surface area (Å²) in [5.41, 5.74) is 24.5. The Morgan fingerprint density at radius 1 is 0.291 bits per heavy atom. The first-order valence-electron chi connectivity index (χ1n) is 27.0. The van der Waals surface area contributed by atoms with Gasteiger partial charge in [-0.25, -0.2) is 9.97 Å². The van der Waals surface area contributed by atoms with Crippen molar-refractivity contribution in [2.75, 3.05) is 9.80 Å². The molecule has 0 radical (unpaired) electrons. The van der Waals surface area contributed by atoms with Crippen LogP contribution in [0, 0.1) is 27.7 Å². The van der Waals surface area contributed by atoms with Crippen LogP contribution < -0.4 is 9.80 Å². The number of hydrogen-bond donors (Lipinski definition) is 0. The molecule has 13 aromatic rings. The average Bonchev–Trinajstić information content (AvgIpc) is 3.83. The summed E-state index contributed by atoms with van der Waals surface area (Å²) < 4.78 is 2.42.